The predicted molar refractivity (Wildman–Crippen MR) is 48.5 cm³/mol. The SMILES string of the molecule is N.N.N.N.[BH4-].[BH4-].[Mg+2]. The van der Waals surface area contributed by atoms with Gasteiger partial charge in [-0.15, -0.1) is 0 Å². The van der Waals surface area contributed by atoms with Gasteiger partial charge in [-0.2, -0.15) is 0 Å². The molecule has 12 N–H and O–H groups in total. The first-order chi connectivity index (χ1) is 0. The fourth-order valence-corrected chi connectivity index (χ4v) is 0. The largest absolute Gasteiger partial charge is 2.00 e. The molecule has 0 saturated carbocycles. The maximum absolute atomic E-state index is 0. The Bertz CT molecular complexity index is 9.65. The van der Waals surface area contributed by atoms with E-state index in [4.69, 9.17) is 0 Å². The molecule has 0 aromatic rings. The summed E-state index contributed by atoms with van der Waals surface area (Å²) < 4.78 is 0. The third-order valence-corrected chi connectivity index (χ3v) is 0. The Hall–Kier alpha value is 0.736. The summed E-state index contributed by atoms with van der Waals surface area (Å²) in [6.45, 7) is 0. The van der Waals surface area contributed by atoms with Gasteiger partial charge in [-0.25, -0.2) is 0 Å². The van der Waals surface area contributed by atoms with E-state index in [9.17, 15) is 0 Å². The van der Waals surface area contributed by atoms with E-state index in [0.29, 0.717) is 0 Å². The summed E-state index contributed by atoms with van der Waals surface area (Å²) in [7, 11) is 0. The summed E-state index contributed by atoms with van der Waals surface area (Å²) in [6, 6.07) is 0. The van der Waals surface area contributed by atoms with Gasteiger partial charge in [0.1, 0.15) is 0 Å². The summed E-state index contributed by atoms with van der Waals surface area (Å²) in [5.41, 5.74) is 0. The van der Waals surface area contributed by atoms with Crippen LogP contribution in [0.3, 0.4) is 0 Å². The zero-order valence-electron chi connectivity index (χ0n) is 3.54. The second-order valence-corrected chi connectivity index (χ2v) is 0. The minimum atomic E-state index is 0. The third-order valence-electron chi connectivity index (χ3n) is 0. The van der Waals surface area contributed by atoms with E-state index < -0.39 is 0 Å². The van der Waals surface area contributed by atoms with Crippen molar-refractivity contribution < 1.29 is 0 Å². The van der Waals surface area contributed by atoms with Crippen LogP contribution in [-0.2, 0) is 0 Å². The average Bonchev–Trinajstić information content (AvgIpc) is 0. The van der Waals surface area contributed by atoms with Crippen LogP contribution in [0, 0.1) is 0 Å². The quantitative estimate of drug-likeness (QED) is 0.261. The first-order valence-electron chi connectivity index (χ1n) is 0. The van der Waals surface area contributed by atoms with E-state index in [2.05, 4.69) is 0 Å². The molecule has 0 aliphatic carbocycles. The first kappa shape index (κ1) is 648. The molecule has 0 heterocycles. The summed E-state index contributed by atoms with van der Waals surface area (Å²) in [5.74, 6) is 0. The molecule has 4 nitrogen and oxygen atoms in total. The van der Waals surface area contributed by atoms with Crippen LogP contribution < -0.4 is 24.6 Å². The van der Waals surface area contributed by atoms with Crippen LogP contribution in [0.15, 0.2) is 0 Å². The van der Waals surface area contributed by atoms with Crippen LogP contribution >= 0.6 is 0 Å². The molecule has 48 valence electrons. The van der Waals surface area contributed by atoms with Crippen LogP contribution in [0.4, 0.5) is 0 Å². The molecule has 0 aromatic heterocycles. The summed E-state index contributed by atoms with van der Waals surface area (Å²) in [5, 5.41) is 0. The minimum Gasteiger partial charge on any atom is -0.344 e. The topological polar surface area (TPSA) is 140 Å². The second kappa shape index (κ2) is 409. The molecule has 0 spiro atoms. The summed E-state index contributed by atoms with van der Waals surface area (Å²) in [6.07, 6.45) is 0. The number of hydrogen-bond donors (Lipinski definition) is 4. The average molecular weight is 122 g/mol. The molecule has 0 aliphatic heterocycles. The van der Waals surface area contributed by atoms with Crippen molar-refractivity contribution in [2.45, 2.75) is 0 Å². The van der Waals surface area contributed by atoms with Crippen LogP contribution in [-0.4, -0.2) is 39.9 Å². The van der Waals surface area contributed by atoms with Gasteiger partial charge in [0.2, 0.25) is 0 Å². The predicted octanol–water partition coefficient (Wildman–Crippen LogP) is -2.64. The van der Waals surface area contributed by atoms with Crippen molar-refractivity contribution >= 4 is 39.9 Å². The first-order valence-corrected chi connectivity index (χ1v) is 0. The fraction of sp³-hybridized carbons (Fsp3) is 0. The van der Waals surface area contributed by atoms with Gasteiger partial charge in [-0.1, -0.05) is 16.8 Å². The molecule has 0 saturated heterocycles. The molecule has 0 fully saturated rings. The van der Waals surface area contributed by atoms with Gasteiger partial charge >= 0.3 is 23.1 Å². The van der Waals surface area contributed by atoms with Gasteiger partial charge < -0.3 is 24.6 Å². The fourth-order valence-electron chi connectivity index (χ4n) is 0. The van der Waals surface area contributed by atoms with E-state index in [1.807, 2.05) is 0 Å². The van der Waals surface area contributed by atoms with Crippen molar-refractivity contribution in [1.82, 2.24) is 24.6 Å². The van der Waals surface area contributed by atoms with E-state index >= 15 is 0 Å². The normalized spacial score (nSPS) is 0. The van der Waals surface area contributed by atoms with Gasteiger partial charge in [0, 0.05) is 0 Å². The van der Waals surface area contributed by atoms with E-state index in [1.165, 1.54) is 0 Å². The molecule has 0 radical (unpaired) electrons. The summed E-state index contributed by atoms with van der Waals surface area (Å²) >= 11 is 0. The zero-order valence-corrected chi connectivity index (χ0v) is 4.95. The van der Waals surface area contributed by atoms with Crippen LogP contribution in [0.25, 0.3) is 0 Å². The van der Waals surface area contributed by atoms with Crippen LogP contribution in [0.5, 0.6) is 0 Å². The molecule has 0 aromatic carbocycles. The number of rotatable bonds is 0. The Morgan fingerprint density at radius 1 is 0.429 bits per heavy atom. The Kier molecular flexibility index (Phi) is 37900. The maximum atomic E-state index is 0. The van der Waals surface area contributed by atoms with Gasteiger partial charge in [-0.3, -0.25) is 0 Å². The van der Waals surface area contributed by atoms with E-state index in [0.717, 1.165) is 0 Å². The minimum absolute atomic E-state index is 0. The molecule has 7 heteroatoms. The van der Waals surface area contributed by atoms with Crippen LogP contribution in [0.1, 0.15) is 0 Å². The maximum Gasteiger partial charge on any atom is 2.00 e. The third kappa shape index (κ3) is 279. The molecule has 7 heavy (non-hydrogen) atoms. The van der Waals surface area contributed by atoms with E-state index in [1.54, 1.807) is 0 Å². The Morgan fingerprint density at radius 3 is 0.429 bits per heavy atom. The molecule has 0 bridgehead atoms. The van der Waals surface area contributed by atoms with Gasteiger partial charge in [0.25, 0.3) is 0 Å². The Balaban J connectivity index is 0. The summed E-state index contributed by atoms with van der Waals surface area (Å²) in [4.78, 5) is 0. The van der Waals surface area contributed by atoms with Crippen molar-refractivity contribution in [3.63, 3.8) is 0 Å². The van der Waals surface area contributed by atoms with Crippen molar-refractivity contribution in [3.8, 4) is 0 Å². The standard InChI is InChI=1S/2BH4.Mg.4H3N/h2*1H4;;4*1H3/q2*-1;+2;;;;. The smallest absolute Gasteiger partial charge is 0.344 e. The van der Waals surface area contributed by atoms with Crippen molar-refractivity contribution in [2.75, 3.05) is 0 Å². The van der Waals surface area contributed by atoms with Gasteiger partial charge in [0.15, 0.2) is 0 Å². The molecular weight excluding hydrogens is 102 g/mol. The van der Waals surface area contributed by atoms with E-state index in [-0.39, 0.29) is 64.5 Å². The molecule has 0 atom stereocenters. The van der Waals surface area contributed by atoms with Crippen molar-refractivity contribution in [3.05, 3.63) is 0 Å². The Labute approximate surface area is 64.8 Å². The molecule has 0 unspecified atom stereocenters. The van der Waals surface area contributed by atoms with Crippen molar-refractivity contribution in [1.29, 1.82) is 0 Å². The Morgan fingerprint density at radius 2 is 0.429 bits per heavy atom. The molecule has 0 aliphatic rings. The molecule has 0 amide bonds. The second-order valence-electron chi connectivity index (χ2n) is 0. The van der Waals surface area contributed by atoms with Crippen LogP contribution in [0.2, 0.25) is 0 Å². The van der Waals surface area contributed by atoms with Crippen molar-refractivity contribution in [2.24, 2.45) is 0 Å². The zero-order chi connectivity index (χ0) is 0. The van der Waals surface area contributed by atoms with Gasteiger partial charge in [0.05, 0.1) is 0 Å². The number of hydrogen-bond acceptors (Lipinski definition) is 4. The molecule has 0 rings (SSSR count). The molecular formula is H20B2MgN4. The monoisotopic (exact) mass is 122 g/mol. The van der Waals surface area contributed by atoms with Gasteiger partial charge in [-0.05, 0) is 0 Å².